The fourth-order valence-electron chi connectivity index (χ4n) is 2.89. The number of rotatable bonds is 4. The van der Waals surface area contributed by atoms with Crippen LogP contribution in [0.1, 0.15) is 12.2 Å². The van der Waals surface area contributed by atoms with Crippen molar-refractivity contribution in [2.45, 2.75) is 17.9 Å². The minimum atomic E-state index is -3.69. The van der Waals surface area contributed by atoms with E-state index in [-0.39, 0.29) is 4.90 Å². The van der Waals surface area contributed by atoms with Crippen LogP contribution in [0.25, 0.3) is 0 Å². The van der Waals surface area contributed by atoms with Gasteiger partial charge < -0.3 is 14.6 Å². The Morgan fingerprint density at radius 2 is 1.92 bits per heavy atom. The highest BCUT2D eigenvalue weighted by Crippen LogP contribution is 2.15. The number of hydrogen-bond donors (Lipinski definition) is 2. The van der Waals surface area contributed by atoms with Crippen molar-refractivity contribution in [3.8, 4) is 0 Å². The predicted octanol–water partition coefficient (Wildman–Crippen LogP) is 1.83. The Labute approximate surface area is 158 Å². The normalized spacial score (nSPS) is 16.3. The standard InChI is InChI=1S/C17H22N4O3S2/c18-26(22,23)16-6-4-14(5-7-16)19-17(25)21-9-2-8-20(10-11-21)13-15-3-1-12-24-15/h1,3-7,12H,2,8-11,13H2,(H,19,25)(H2,18,22,23). The molecule has 0 radical (unpaired) electrons. The summed E-state index contributed by atoms with van der Waals surface area (Å²) in [6, 6.07) is 10.1. The van der Waals surface area contributed by atoms with Gasteiger partial charge in [0.2, 0.25) is 10.0 Å². The summed E-state index contributed by atoms with van der Waals surface area (Å²) in [5.41, 5.74) is 0.735. The molecule has 0 spiro atoms. The lowest BCUT2D eigenvalue weighted by Crippen LogP contribution is -2.37. The first-order valence-electron chi connectivity index (χ1n) is 8.35. The first-order chi connectivity index (χ1) is 12.4. The molecule has 0 amide bonds. The number of anilines is 1. The Kier molecular flexibility index (Phi) is 5.92. The number of nitrogens with one attached hydrogen (secondary N) is 1. The van der Waals surface area contributed by atoms with E-state index in [4.69, 9.17) is 21.8 Å². The van der Waals surface area contributed by atoms with Crippen molar-refractivity contribution < 1.29 is 12.8 Å². The van der Waals surface area contributed by atoms with Crippen molar-refractivity contribution in [3.05, 3.63) is 48.4 Å². The van der Waals surface area contributed by atoms with E-state index in [1.807, 2.05) is 12.1 Å². The lowest BCUT2D eigenvalue weighted by atomic mass is 10.3. The fraction of sp³-hybridized carbons (Fsp3) is 0.353. The lowest BCUT2D eigenvalue weighted by molar-refractivity contribution is 0.255. The number of nitrogens with two attached hydrogens (primary N) is 1. The molecule has 3 N–H and O–H groups in total. The SMILES string of the molecule is NS(=O)(=O)c1ccc(NC(=S)N2CCCN(Cc3ccco3)CC2)cc1. The van der Waals surface area contributed by atoms with Gasteiger partial charge in [-0.2, -0.15) is 0 Å². The number of hydrogen-bond acceptors (Lipinski definition) is 5. The molecule has 9 heteroatoms. The summed E-state index contributed by atoms with van der Waals surface area (Å²) in [6.45, 7) is 4.38. The molecule has 1 saturated heterocycles. The van der Waals surface area contributed by atoms with Gasteiger partial charge in [0, 0.05) is 31.9 Å². The highest BCUT2D eigenvalue weighted by Gasteiger charge is 2.18. The Morgan fingerprint density at radius 3 is 2.58 bits per heavy atom. The van der Waals surface area contributed by atoms with E-state index in [0.29, 0.717) is 5.11 Å². The monoisotopic (exact) mass is 394 g/mol. The average Bonchev–Trinajstić information content (AvgIpc) is 2.98. The van der Waals surface area contributed by atoms with Gasteiger partial charge in [0.05, 0.1) is 17.7 Å². The van der Waals surface area contributed by atoms with Crippen molar-refractivity contribution >= 4 is 33.0 Å². The molecule has 3 rings (SSSR count). The van der Waals surface area contributed by atoms with Gasteiger partial charge >= 0.3 is 0 Å². The van der Waals surface area contributed by atoms with Gasteiger partial charge in [-0.1, -0.05) is 0 Å². The Balaban J connectivity index is 1.55. The van der Waals surface area contributed by atoms with Crippen LogP contribution in [0.3, 0.4) is 0 Å². The largest absolute Gasteiger partial charge is 0.468 e. The smallest absolute Gasteiger partial charge is 0.238 e. The van der Waals surface area contributed by atoms with Crippen LogP contribution in [0, 0.1) is 0 Å². The van der Waals surface area contributed by atoms with Gasteiger partial charge in [-0.15, -0.1) is 0 Å². The maximum absolute atomic E-state index is 11.3. The molecule has 2 aromatic rings. The third-order valence-corrected chi connectivity index (χ3v) is 5.56. The molecule has 1 aliphatic heterocycles. The topological polar surface area (TPSA) is 91.8 Å². The van der Waals surface area contributed by atoms with E-state index in [1.54, 1.807) is 18.4 Å². The lowest BCUT2D eigenvalue weighted by Gasteiger charge is -2.24. The summed E-state index contributed by atoms with van der Waals surface area (Å²) >= 11 is 5.51. The van der Waals surface area contributed by atoms with E-state index >= 15 is 0 Å². The molecular weight excluding hydrogens is 372 g/mol. The van der Waals surface area contributed by atoms with Crippen LogP contribution in [-0.2, 0) is 16.6 Å². The second-order valence-corrected chi connectivity index (χ2v) is 8.14. The Morgan fingerprint density at radius 1 is 1.15 bits per heavy atom. The summed E-state index contributed by atoms with van der Waals surface area (Å²) in [7, 11) is -3.69. The molecule has 1 aromatic carbocycles. The molecule has 7 nitrogen and oxygen atoms in total. The molecule has 0 unspecified atom stereocenters. The molecule has 0 bridgehead atoms. The van der Waals surface area contributed by atoms with Crippen molar-refractivity contribution in [2.75, 3.05) is 31.5 Å². The van der Waals surface area contributed by atoms with Gasteiger partial charge in [0.15, 0.2) is 5.11 Å². The molecule has 0 atom stereocenters. The minimum Gasteiger partial charge on any atom is -0.468 e. The molecule has 2 heterocycles. The quantitative estimate of drug-likeness (QED) is 0.765. The third-order valence-electron chi connectivity index (χ3n) is 4.27. The first kappa shape index (κ1) is 18.8. The molecular formula is C17H22N4O3S2. The Bertz CT molecular complexity index is 835. The highest BCUT2D eigenvalue weighted by atomic mass is 32.2. The number of primary sulfonamides is 1. The maximum atomic E-state index is 11.3. The first-order valence-corrected chi connectivity index (χ1v) is 10.3. The van der Waals surface area contributed by atoms with Gasteiger partial charge in [-0.3, -0.25) is 4.90 Å². The second kappa shape index (κ2) is 8.17. The Hall–Kier alpha value is -1.94. The average molecular weight is 395 g/mol. The third kappa shape index (κ3) is 5.04. The van der Waals surface area contributed by atoms with E-state index < -0.39 is 10.0 Å². The van der Waals surface area contributed by atoms with Crippen molar-refractivity contribution in [3.63, 3.8) is 0 Å². The van der Waals surface area contributed by atoms with Gasteiger partial charge in [0.1, 0.15) is 5.76 Å². The maximum Gasteiger partial charge on any atom is 0.238 e. The van der Waals surface area contributed by atoms with Gasteiger partial charge in [0.25, 0.3) is 0 Å². The summed E-state index contributed by atoms with van der Waals surface area (Å²) in [6.07, 6.45) is 2.70. The fourth-order valence-corrected chi connectivity index (χ4v) is 3.70. The number of thiocarbonyl (C=S) groups is 1. The molecule has 0 saturated carbocycles. The second-order valence-electron chi connectivity index (χ2n) is 6.20. The van der Waals surface area contributed by atoms with Crippen molar-refractivity contribution in [1.82, 2.24) is 9.80 Å². The van der Waals surface area contributed by atoms with E-state index in [2.05, 4.69) is 15.1 Å². The summed E-state index contributed by atoms with van der Waals surface area (Å²) in [4.78, 5) is 4.56. The number of nitrogens with zero attached hydrogens (tertiary/aromatic N) is 2. The van der Waals surface area contributed by atoms with Crippen LogP contribution >= 0.6 is 12.2 Å². The molecule has 26 heavy (non-hydrogen) atoms. The zero-order valence-electron chi connectivity index (χ0n) is 14.3. The van der Waals surface area contributed by atoms with Gasteiger partial charge in [-0.05, 0) is 55.0 Å². The van der Waals surface area contributed by atoms with Crippen LogP contribution in [0.15, 0.2) is 52.0 Å². The predicted molar refractivity (Wildman–Crippen MR) is 104 cm³/mol. The molecule has 1 aromatic heterocycles. The number of sulfonamides is 1. The van der Waals surface area contributed by atoms with Crippen LogP contribution in [0.2, 0.25) is 0 Å². The minimum absolute atomic E-state index is 0.0808. The summed E-state index contributed by atoms with van der Waals surface area (Å²) in [5.74, 6) is 0.967. The van der Waals surface area contributed by atoms with E-state index in [9.17, 15) is 8.42 Å². The van der Waals surface area contributed by atoms with E-state index in [1.165, 1.54) is 12.1 Å². The van der Waals surface area contributed by atoms with Crippen molar-refractivity contribution in [2.24, 2.45) is 5.14 Å². The van der Waals surface area contributed by atoms with Crippen molar-refractivity contribution in [1.29, 1.82) is 0 Å². The summed E-state index contributed by atoms with van der Waals surface area (Å²) in [5, 5.41) is 8.91. The van der Waals surface area contributed by atoms with Crippen LogP contribution in [0.5, 0.6) is 0 Å². The zero-order valence-corrected chi connectivity index (χ0v) is 15.9. The molecule has 0 aliphatic carbocycles. The summed E-state index contributed by atoms with van der Waals surface area (Å²) < 4.78 is 28.0. The zero-order chi connectivity index (χ0) is 18.6. The number of benzene rings is 1. The molecule has 1 aliphatic rings. The van der Waals surface area contributed by atoms with Crippen LogP contribution in [-0.4, -0.2) is 49.5 Å². The van der Waals surface area contributed by atoms with Gasteiger partial charge in [-0.25, -0.2) is 13.6 Å². The molecule has 140 valence electrons. The highest BCUT2D eigenvalue weighted by molar-refractivity contribution is 7.89. The van der Waals surface area contributed by atoms with Crippen LogP contribution < -0.4 is 10.5 Å². The number of furan rings is 1. The van der Waals surface area contributed by atoms with E-state index in [0.717, 1.165) is 50.6 Å². The molecule has 1 fully saturated rings. The van der Waals surface area contributed by atoms with Crippen LogP contribution in [0.4, 0.5) is 5.69 Å².